The van der Waals surface area contributed by atoms with E-state index in [4.69, 9.17) is 5.11 Å². The molecular formula is C12H15NO6S2. The molecule has 7 nitrogen and oxygen atoms in total. The van der Waals surface area contributed by atoms with Crippen molar-refractivity contribution in [1.82, 2.24) is 0 Å². The Hall–Kier alpha value is -1.87. The lowest BCUT2D eigenvalue weighted by atomic mass is 10.2. The highest BCUT2D eigenvalue weighted by Gasteiger charge is 2.14. The van der Waals surface area contributed by atoms with Crippen molar-refractivity contribution in [3.8, 4) is 0 Å². The number of carboxylic acid groups (broad SMARTS) is 1. The van der Waals surface area contributed by atoms with Crippen LogP contribution in [0.3, 0.4) is 0 Å². The van der Waals surface area contributed by atoms with Gasteiger partial charge in [-0.15, -0.1) is 0 Å². The standard InChI is InChI=1S/C12H15NO6S2/c1-20(16,17)7-8-21(18,19)13-11-4-2-3-10(9-11)5-6-12(14)15/h2-6,9,13H,7-8H2,1H3,(H,14,15)/b6-5+. The summed E-state index contributed by atoms with van der Waals surface area (Å²) in [4.78, 5) is 10.4. The van der Waals surface area contributed by atoms with Crippen LogP contribution in [-0.4, -0.2) is 45.7 Å². The molecule has 0 aliphatic carbocycles. The van der Waals surface area contributed by atoms with Gasteiger partial charge < -0.3 is 5.11 Å². The molecule has 0 heterocycles. The van der Waals surface area contributed by atoms with E-state index in [1.165, 1.54) is 18.2 Å². The van der Waals surface area contributed by atoms with Crippen molar-refractivity contribution in [1.29, 1.82) is 0 Å². The van der Waals surface area contributed by atoms with E-state index >= 15 is 0 Å². The van der Waals surface area contributed by atoms with Gasteiger partial charge in [0.1, 0.15) is 9.84 Å². The van der Waals surface area contributed by atoms with Gasteiger partial charge in [0.2, 0.25) is 10.0 Å². The first kappa shape index (κ1) is 17.2. The van der Waals surface area contributed by atoms with Gasteiger partial charge in [-0.3, -0.25) is 4.72 Å². The van der Waals surface area contributed by atoms with Gasteiger partial charge in [0.05, 0.1) is 11.5 Å². The summed E-state index contributed by atoms with van der Waals surface area (Å²) in [6.45, 7) is 0. The van der Waals surface area contributed by atoms with Crippen molar-refractivity contribution in [2.24, 2.45) is 0 Å². The summed E-state index contributed by atoms with van der Waals surface area (Å²) in [5, 5.41) is 8.52. The maximum atomic E-state index is 11.7. The molecule has 0 atom stereocenters. The van der Waals surface area contributed by atoms with Gasteiger partial charge >= 0.3 is 5.97 Å². The molecule has 21 heavy (non-hydrogen) atoms. The Morgan fingerprint density at radius 2 is 1.90 bits per heavy atom. The monoisotopic (exact) mass is 333 g/mol. The SMILES string of the molecule is CS(=O)(=O)CCS(=O)(=O)Nc1cccc(/C=C/C(=O)O)c1. The molecule has 0 aliphatic rings. The number of sulfone groups is 1. The third kappa shape index (κ3) is 7.47. The van der Waals surface area contributed by atoms with E-state index in [-0.39, 0.29) is 5.69 Å². The predicted molar refractivity (Wildman–Crippen MR) is 80.2 cm³/mol. The van der Waals surface area contributed by atoms with E-state index in [2.05, 4.69) is 4.72 Å². The largest absolute Gasteiger partial charge is 0.478 e. The van der Waals surface area contributed by atoms with Crippen LogP contribution in [0.1, 0.15) is 5.56 Å². The second-order valence-corrected chi connectivity index (χ2v) is 8.45. The number of benzene rings is 1. The highest BCUT2D eigenvalue weighted by molar-refractivity contribution is 7.95. The average Bonchev–Trinajstić information content (AvgIpc) is 2.33. The van der Waals surface area contributed by atoms with Crippen LogP contribution in [0.2, 0.25) is 0 Å². The first-order chi connectivity index (χ1) is 9.57. The van der Waals surface area contributed by atoms with Crippen molar-refractivity contribution < 1.29 is 26.7 Å². The Kier molecular flexibility index (Phi) is 5.50. The minimum Gasteiger partial charge on any atom is -0.478 e. The smallest absolute Gasteiger partial charge is 0.328 e. The van der Waals surface area contributed by atoms with Crippen LogP contribution >= 0.6 is 0 Å². The van der Waals surface area contributed by atoms with Gasteiger partial charge in [-0.05, 0) is 23.8 Å². The van der Waals surface area contributed by atoms with E-state index < -0.39 is 37.3 Å². The number of hydrogen-bond donors (Lipinski definition) is 2. The maximum absolute atomic E-state index is 11.7. The molecule has 0 saturated carbocycles. The van der Waals surface area contributed by atoms with Crippen molar-refractivity contribution in [3.63, 3.8) is 0 Å². The fourth-order valence-electron chi connectivity index (χ4n) is 1.37. The number of carbonyl (C=O) groups is 1. The topological polar surface area (TPSA) is 118 Å². The van der Waals surface area contributed by atoms with Gasteiger partial charge in [0, 0.05) is 18.0 Å². The number of carboxylic acids is 1. The molecule has 0 aliphatic heterocycles. The van der Waals surface area contributed by atoms with Gasteiger partial charge in [-0.1, -0.05) is 12.1 Å². The lowest BCUT2D eigenvalue weighted by Gasteiger charge is -2.08. The molecule has 2 N–H and O–H groups in total. The van der Waals surface area contributed by atoms with Crippen molar-refractivity contribution >= 4 is 37.6 Å². The zero-order chi connectivity index (χ0) is 16.1. The van der Waals surface area contributed by atoms with Crippen LogP contribution in [0.4, 0.5) is 5.69 Å². The van der Waals surface area contributed by atoms with Gasteiger partial charge in [-0.25, -0.2) is 21.6 Å². The third-order valence-corrected chi connectivity index (χ3v) is 4.79. The number of anilines is 1. The summed E-state index contributed by atoms with van der Waals surface area (Å²) < 4.78 is 47.7. The van der Waals surface area contributed by atoms with E-state index in [1.807, 2.05) is 0 Å². The zero-order valence-electron chi connectivity index (χ0n) is 11.2. The molecule has 0 amide bonds. The molecule has 0 unspecified atom stereocenters. The molecular weight excluding hydrogens is 318 g/mol. The van der Waals surface area contributed by atoms with Crippen molar-refractivity contribution in [2.75, 3.05) is 22.5 Å². The molecule has 0 aromatic heterocycles. The maximum Gasteiger partial charge on any atom is 0.328 e. The van der Waals surface area contributed by atoms with Crippen molar-refractivity contribution in [2.45, 2.75) is 0 Å². The molecule has 9 heteroatoms. The highest BCUT2D eigenvalue weighted by Crippen LogP contribution is 2.14. The van der Waals surface area contributed by atoms with Crippen LogP contribution in [0, 0.1) is 0 Å². The average molecular weight is 333 g/mol. The summed E-state index contributed by atoms with van der Waals surface area (Å²) in [5.41, 5.74) is 0.733. The fourth-order valence-corrected chi connectivity index (χ4v) is 4.04. The van der Waals surface area contributed by atoms with Crippen LogP contribution in [-0.2, 0) is 24.7 Å². The predicted octanol–water partition coefficient (Wildman–Crippen LogP) is 0.571. The minimum absolute atomic E-state index is 0.232. The Morgan fingerprint density at radius 3 is 2.48 bits per heavy atom. The second kappa shape index (κ2) is 6.72. The van der Waals surface area contributed by atoms with E-state index in [1.54, 1.807) is 12.1 Å². The number of rotatable bonds is 7. The van der Waals surface area contributed by atoms with Gasteiger partial charge in [0.15, 0.2) is 0 Å². The first-order valence-electron chi connectivity index (χ1n) is 5.77. The van der Waals surface area contributed by atoms with E-state index in [9.17, 15) is 21.6 Å². The van der Waals surface area contributed by atoms with Crippen molar-refractivity contribution in [3.05, 3.63) is 35.9 Å². The quantitative estimate of drug-likeness (QED) is 0.704. The van der Waals surface area contributed by atoms with Crippen LogP contribution in [0.5, 0.6) is 0 Å². The lowest BCUT2D eigenvalue weighted by molar-refractivity contribution is -0.131. The van der Waals surface area contributed by atoms with E-state index in [0.29, 0.717) is 5.56 Å². The minimum atomic E-state index is -3.79. The molecule has 0 radical (unpaired) electrons. The molecule has 0 spiro atoms. The van der Waals surface area contributed by atoms with Gasteiger partial charge in [0.25, 0.3) is 0 Å². The Labute approximate surface area is 123 Å². The number of nitrogens with one attached hydrogen (secondary N) is 1. The molecule has 116 valence electrons. The van der Waals surface area contributed by atoms with Crippen LogP contribution < -0.4 is 4.72 Å². The third-order valence-electron chi connectivity index (χ3n) is 2.30. The molecule has 1 rings (SSSR count). The Bertz CT molecular complexity index is 750. The Balaban J connectivity index is 2.83. The summed E-state index contributed by atoms with van der Waals surface area (Å²) in [6.07, 6.45) is 3.20. The molecule has 0 saturated heterocycles. The Morgan fingerprint density at radius 1 is 1.24 bits per heavy atom. The van der Waals surface area contributed by atoms with Crippen LogP contribution in [0.15, 0.2) is 30.3 Å². The highest BCUT2D eigenvalue weighted by atomic mass is 32.2. The van der Waals surface area contributed by atoms with E-state index in [0.717, 1.165) is 12.3 Å². The summed E-state index contributed by atoms with van der Waals surface area (Å²) in [7, 11) is -7.16. The molecule has 0 fully saturated rings. The van der Waals surface area contributed by atoms with Crippen LogP contribution in [0.25, 0.3) is 6.08 Å². The van der Waals surface area contributed by atoms with Gasteiger partial charge in [-0.2, -0.15) is 0 Å². The summed E-state index contributed by atoms with van der Waals surface area (Å²) in [5.74, 6) is -2.13. The zero-order valence-corrected chi connectivity index (χ0v) is 12.8. The first-order valence-corrected chi connectivity index (χ1v) is 9.48. The molecule has 0 bridgehead atoms. The number of sulfonamides is 1. The second-order valence-electron chi connectivity index (χ2n) is 4.35. The summed E-state index contributed by atoms with van der Waals surface area (Å²) >= 11 is 0. The number of hydrogen-bond acceptors (Lipinski definition) is 5. The molecule has 1 aromatic carbocycles. The number of aliphatic carboxylic acids is 1. The summed E-state index contributed by atoms with van der Waals surface area (Å²) in [6, 6.07) is 6.08. The lowest BCUT2D eigenvalue weighted by Crippen LogP contribution is -2.22. The fraction of sp³-hybridized carbons (Fsp3) is 0.250. The normalized spacial score (nSPS) is 12.4. The molecule has 1 aromatic rings.